The molecule has 0 radical (unpaired) electrons. The van der Waals surface area contributed by atoms with Gasteiger partial charge in [0.05, 0.1) is 0 Å². The maximum absolute atomic E-state index is 5.42. The highest BCUT2D eigenvalue weighted by Crippen LogP contribution is 2.30. The third-order valence-corrected chi connectivity index (χ3v) is 1.81. The fourth-order valence-electron chi connectivity index (χ4n) is 1.27. The Morgan fingerprint density at radius 1 is 1.15 bits per heavy atom. The molecule has 66 valence electrons. The van der Waals surface area contributed by atoms with Crippen LogP contribution in [-0.4, -0.2) is 13.2 Å². The molecule has 0 aliphatic carbocycles. The third-order valence-electron chi connectivity index (χ3n) is 1.81. The van der Waals surface area contributed by atoms with Crippen molar-refractivity contribution in [1.29, 1.82) is 0 Å². The smallest absolute Gasteiger partial charge is 0.162 e. The van der Waals surface area contributed by atoms with Crippen molar-refractivity contribution in [2.75, 3.05) is 13.2 Å². The molecule has 1 aromatic rings. The van der Waals surface area contributed by atoms with Crippen molar-refractivity contribution in [2.45, 2.75) is 6.92 Å². The Morgan fingerprint density at radius 3 is 2.69 bits per heavy atom. The van der Waals surface area contributed by atoms with Gasteiger partial charge in [0.1, 0.15) is 13.2 Å². The van der Waals surface area contributed by atoms with Gasteiger partial charge in [0.25, 0.3) is 0 Å². The van der Waals surface area contributed by atoms with E-state index >= 15 is 0 Å². The van der Waals surface area contributed by atoms with Crippen LogP contribution in [0, 0.1) is 11.8 Å². The molecular formula is C11H10O2. The predicted molar refractivity (Wildman–Crippen MR) is 50.0 cm³/mol. The lowest BCUT2D eigenvalue weighted by Crippen LogP contribution is -2.15. The summed E-state index contributed by atoms with van der Waals surface area (Å²) in [6, 6.07) is 5.74. The number of ether oxygens (including phenoxy) is 2. The molecule has 0 saturated heterocycles. The van der Waals surface area contributed by atoms with Crippen molar-refractivity contribution in [3.05, 3.63) is 23.8 Å². The Balaban J connectivity index is 2.38. The summed E-state index contributed by atoms with van der Waals surface area (Å²) in [6.07, 6.45) is 0. The minimum atomic E-state index is 0.621. The molecule has 1 aliphatic heterocycles. The molecule has 13 heavy (non-hydrogen) atoms. The molecule has 1 heterocycles. The van der Waals surface area contributed by atoms with E-state index in [1.54, 1.807) is 0 Å². The van der Waals surface area contributed by atoms with E-state index in [-0.39, 0.29) is 0 Å². The molecule has 0 N–H and O–H groups in total. The van der Waals surface area contributed by atoms with E-state index in [1.165, 1.54) is 0 Å². The van der Waals surface area contributed by atoms with Crippen molar-refractivity contribution < 1.29 is 9.47 Å². The van der Waals surface area contributed by atoms with E-state index in [0.717, 1.165) is 17.1 Å². The molecule has 1 aliphatic rings. The van der Waals surface area contributed by atoms with Gasteiger partial charge in [0.15, 0.2) is 11.5 Å². The molecule has 0 saturated carbocycles. The average molecular weight is 174 g/mol. The van der Waals surface area contributed by atoms with Gasteiger partial charge in [-0.3, -0.25) is 0 Å². The number of fused-ring (bicyclic) bond motifs is 1. The first kappa shape index (κ1) is 8.00. The van der Waals surface area contributed by atoms with Gasteiger partial charge in [-0.05, 0) is 25.1 Å². The number of rotatable bonds is 0. The summed E-state index contributed by atoms with van der Waals surface area (Å²) in [5.41, 5.74) is 0.965. The van der Waals surface area contributed by atoms with Crippen LogP contribution in [0.1, 0.15) is 12.5 Å². The minimum Gasteiger partial charge on any atom is -0.486 e. The Hall–Kier alpha value is -1.62. The lowest BCUT2D eigenvalue weighted by molar-refractivity contribution is 0.171. The van der Waals surface area contributed by atoms with E-state index < -0.39 is 0 Å². The summed E-state index contributed by atoms with van der Waals surface area (Å²) in [6.45, 7) is 3.07. The summed E-state index contributed by atoms with van der Waals surface area (Å²) in [4.78, 5) is 0. The summed E-state index contributed by atoms with van der Waals surface area (Å²) >= 11 is 0. The van der Waals surface area contributed by atoms with Crippen LogP contribution in [0.2, 0.25) is 0 Å². The normalized spacial score (nSPS) is 13.0. The molecule has 0 aromatic heterocycles. The quantitative estimate of drug-likeness (QED) is 0.558. The molecule has 2 heteroatoms. The minimum absolute atomic E-state index is 0.621. The Labute approximate surface area is 77.5 Å². The largest absolute Gasteiger partial charge is 0.486 e. The molecule has 1 aromatic carbocycles. The maximum atomic E-state index is 5.42. The molecule has 0 atom stereocenters. The SMILES string of the molecule is CC#Cc1ccc2c(c1)OCCO2. The van der Waals surface area contributed by atoms with E-state index in [2.05, 4.69) is 11.8 Å². The van der Waals surface area contributed by atoms with E-state index in [4.69, 9.17) is 9.47 Å². The van der Waals surface area contributed by atoms with Crippen LogP contribution >= 0.6 is 0 Å². The fraction of sp³-hybridized carbons (Fsp3) is 0.273. The highest BCUT2D eigenvalue weighted by molar-refractivity contribution is 5.48. The van der Waals surface area contributed by atoms with Gasteiger partial charge in [-0.2, -0.15) is 0 Å². The zero-order valence-corrected chi connectivity index (χ0v) is 7.46. The van der Waals surface area contributed by atoms with Gasteiger partial charge in [-0.15, -0.1) is 5.92 Å². The fourth-order valence-corrected chi connectivity index (χ4v) is 1.27. The van der Waals surface area contributed by atoms with Crippen molar-refractivity contribution >= 4 is 0 Å². The van der Waals surface area contributed by atoms with E-state index in [9.17, 15) is 0 Å². The first-order valence-electron chi connectivity index (χ1n) is 4.22. The van der Waals surface area contributed by atoms with Crippen LogP contribution in [0.4, 0.5) is 0 Å². The summed E-state index contributed by atoms with van der Waals surface area (Å²) in [5.74, 6) is 7.43. The van der Waals surface area contributed by atoms with Crippen LogP contribution < -0.4 is 9.47 Å². The Bertz CT molecular complexity index is 371. The molecule has 0 spiro atoms. The van der Waals surface area contributed by atoms with Crippen molar-refractivity contribution in [1.82, 2.24) is 0 Å². The summed E-state index contributed by atoms with van der Waals surface area (Å²) < 4.78 is 10.8. The predicted octanol–water partition coefficient (Wildman–Crippen LogP) is 1.83. The second-order valence-corrected chi connectivity index (χ2v) is 2.73. The van der Waals surface area contributed by atoms with E-state index in [1.807, 2.05) is 25.1 Å². The summed E-state index contributed by atoms with van der Waals surface area (Å²) in [7, 11) is 0. The van der Waals surface area contributed by atoms with Crippen LogP contribution in [-0.2, 0) is 0 Å². The lowest BCUT2D eigenvalue weighted by Gasteiger charge is -2.17. The van der Waals surface area contributed by atoms with Crippen molar-refractivity contribution in [3.8, 4) is 23.3 Å². The monoisotopic (exact) mass is 174 g/mol. The highest BCUT2D eigenvalue weighted by Gasteiger charge is 2.10. The molecule has 0 fully saturated rings. The third kappa shape index (κ3) is 1.59. The molecule has 2 nitrogen and oxygen atoms in total. The maximum Gasteiger partial charge on any atom is 0.162 e. The van der Waals surface area contributed by atoms with E-state index in [0.29, 0.717) is 13.2 Å². The van der Waals surface area contributed by atoms with Crippen LogP contribution in [0.15, 0.2) is 18.2 Å². The van der Waals surface area contributed by atoms with Gasteiger partial charge < -0.3 is 9.47 Å². The van der Waals surface area contributed by atoms with Gasteiger partial charge in [-0.1, -0.05) is 5.92 Å². The zero-order valence-electron chi connectivity index (χ0n) is 7.46. The number of hydrogen-bond donors (Lipinski definition) is 0. The number of hydrogen-bond acceptors (Lipinski definition) is 2. The second-order valence-electron chi connectivity index (χ2n) is 2.73. The molecule has 2 rings (SSSR count). The van der Waals surface area contributed by atoms with Crippen molar-refractivity contribution in [2.24, 2.45) is 0 Å². The Morgan fingerprint density at radius 2 is 1.92 bits per heavy atom. The number of benzene rings is 1. The molecule has 0 bridgehead atoms. The van der Waals surface area contributed by atoms with Crippen LogP contribution in [0.3, 0.4) is 0 Å². The van der Waals surface area contributed by atoms with Gasteiger partial charge in [0.2, 0.25) is 0 Å². The summed E-state index contributed by atoms with van der Waals surface area (Å²) in [5, 5.41) is 0. The van der Waals surface area contributed by atoms with Crippen molar-refractivity contribution in [3.63, 3.8) is 0 Å². The molecule has 0 unspecified atom stereocenters. The molecular weight excluding hydrogens is 164 g/mol. The first-order valence-corrected chi connectivity index (χ1v) is 4.22. The zero-order chi connectivity index (χ0) is 9.10. The molecule has 0 amide bonds. The Kier molecular flexibility index (Phi) is 2.09. The standard InChI is InChI=1S/C11H10O2/c1-2-3-9-4-5-10-11(8-9)13-7-6-12-10/h4-5,8H,6-7H2,1H3. The average Bonchev–Trinajstić information content (AvgIpc) is 2.18. The van der Waals surface area contributed by atoms with Gasteiger partial charge >= 0.3 is 0 Å². The topological polar surface area (TPSA) is 18.5 Å². The first-order chi connectivity index (χ1) is 6.40. The lowest BCUT2D eigenvalue weighted by atomic mass is 10.2. The van der Waals surface area contributed by atoms with Gasteiger partial charge in [-0.25, -0.2) is 0 Å². The highest BCUT2D eigenvalue weighted by atomic mass is 16.6. The van der Waals surface area contributed by atoms with Crippen LogP contribution in [0.5, 0.6) is 11.5 Å². The van der Waals surface area contributed by atoms with Gasteiger partial charge in [0, 0.05) is 5.56 Å². The second kappa shape index (κ2) is 3.40. The van der Waals surface area contributed by atoms with Crippen LogP contribution in [0.25, 0.3) is 0 Å².